The first kappa shape index (κ1) is 30.9. The molecule has 0 aliphatic heterocycles. The van der Waals surface area contributed by atoms with E-state index in [9.17, 15) is 0 Å². The van der Waals surface area contributed by atoms with Gasteiger partial charge in [-0.05, 0) is 77.2 Å². The molecule has 0 spiro atoms. The van der Waals surface area contributed by atoms with Gasteiger partial charge in [-0.15, -0.1) is 0 Å². The number of hydrogen-bond donors (Lipinski definition) is 0. The van der Waals surface area contributed by atoms with Crippen LogP contribution in [0.15, 0.2) is 201 Å². The van der Waals surface area contributed by atoms with Crippen molar-refractivity contribution in [1.82, 2.24) is 0 Å². The smallest absolute Gasteiger partial charge is 0.143 e. The molecule has 12 aromatic rings. The predicted molar refractivity (Wildman–Crippen MR) is 231 cm³/mol. The third-order valence-corrected chi connectivity index (χ3v) is 11.3. The molecule has 0 saturated carbocycles. The number of furan rings is 3. The summed E-state index contributed by atoms with van der Waals surface area (Å²) in [5.74, 6) is 0. The minimum absolute atomic E-state index is 0.841. The minimum atomic E-state index is 0.841. The molecule has 3 aromatic heterocycles. The lowest BCUT2D eigenvalue weighted by atomic mass is 9.98. The summed E-state index contributed by atoms with van der Waals surface area (Å²) in [5.41, 5.74) is 12.6. The Morgan fingerprint density at radius 3 is 1.80 bits per heavy atom. The molecule has 0 atom stereocenters. The zero-order valence-corrected chi connectivity index (χ0v) is 30.1. The van der Waals surface area contributed by atoms with Crippen molar-refractivity contribution in [2.75, 3.05) is 4.90 Å². The van der Waals surface area contributed by atoms with E-state index in [4.69, 9.17) is 13.3 Å². The number of fused-ring (bicyclic) bond motifs is 11. The van der Waals surface area contributed by atoms with Gasteiger partial charge < -0.3 is 18.2 Å². The second-order valence-corrected chi connectivity index (χ2v) is 14.4. The second-order valence-electron chi connectivity index (χ2n) is 14.4. The van der Waals surface area contributed by atoms with Crippen LogP contribution in [0.2, 0.25) is 0 Å². The molecule has 0 amide bonds. The zero-order chi connectivity index (χ0) is 36.7. The summed E-state index contributed by atoms with van der Waals surface area (Å²) in [6.07, 6.45) is 0. The van der Waals surface area contributed by atoms with Crippen LogP contribution in [0, 0.1) is 0 Å². The zero-order valence-electron chi connectivity index (χ0n) is 30.1. The van der Waals surface area contributed by atoms with E-state index in [2.05, 4.69) is 169 Å². The molecule has 4 heteroatoms. The summed E-state index contributed by atoms with van der Waals surface area (Å²) < 4.78 is 19.6. The van der Waals surface area contributed by atoms with Gasteiger partial charge in [0, 0.05) is 49.1 Å². The van der Waals surface area contributed by atoms with E-state index < -0.39 is 0 Å². The third kappa shape index (κ3) is 4.60. The molecule has 9 aromatic carbocycles. The van der Waals surface area contributed by atoms with Crippen molar-refractivity contribution in [1.29, 1.82) is 0 Å². The number of benzene rings is 9. The fourth-order valence-corrected chi connectivity index (χ4v) is 8.69. The number of nitrogens with zero attached hydrogens (tertiary/aromatic N) is 1. The van der Waals surface area contributed by atoms with Crippen LogP contribution >= 0.6 is 0 Å². The highest BCUT2D eigenvalue weighted by Gasteiger charge is 2.24. The van der Waals surface area contributed by atoms with E-state index in [1.807, 2.05) is 24.3 Å². The average molecular weight is 718 g/mol. The van der Waals surface area contributed by atoms with E-state index in [1.165, 1.54) is 0 Å². The molecule has 0 aliphatic rings. The highest BCUT2D eigenvalue weighted by atomic mass is 16.3. The fourth-order valence-electron chi connectivity index (χ4n) is 8.69. The first-order chi connectivity index (χ1) is 27.8. The molecule has 0 N–H and O–H groups in total. The van der Waals surface area contributed by atoms with Crippen molar-refractivity contribution in [2.24, 2.45) is 0 Å². The van der Waals surface area contributed by atoms with Crippen LogP contribution < -0.4 is 4.90 Å². The lowest BCUT2D eigenvalue weighted by Gasteiger charge is -2.28. The quantitative estimate of drug-likeness (QED) is 0.178. The normalized spacial score (nSPS) is 11.9. The predicted octanol–water partition coefficient (Wildman–Crippen LogP) is 15.3. The highest BCUT2D eigenvalue weighted by Crippen LogP contribution is 2.48. The van der Waals surface area contributed by atoms with Gasteiger partial charge in [-0.3, -0.25) is 0 Å². The topological polar surface area (TPSA) is 42.7 Å². The summed E-state index contributed by atoms with van der Waals surface area (Å²) >= 11 is 0. The van der Waals surface area contributed by atoms with Crippen LogP contribution in [0.4, 0.5) is 17.1 Å². The number of anilines is 3. The van der Waals surface area contributed by atoms with E-state index in [-0.39, 0.29) is 0 Å². The van der Waals surface area contributed by atoms with Gasteiger partial charge in [0.25, 0.3) is 0 Å². The van der Waals surface area contributed by atoms with Crippen molar-refractivity contribution in [3.05, 3.63) is 188 Å². The SMILES string of the molecule is c1ccc(N(c2ccc(-c3ccc4c(c3)oc3ccccc34)cc2)c2cccc3oc4ccccc4c23)c(-c2cccc3c2oc2c4ccccc4ccc32)c1. The monoisotopic (exact) mass is 717 g/mol. The molecule has 0 saturated heterocycles. The highest BCUT2D eigenvalue weighted by molar-refractivity contribution is 6.18. The van der Waals surface area contributed by atoms with Gasteiger partial charge in [0.1, 0.15) is 33.5 Å². The molecule has 4 nitrogen and oxygen atoms in total. The van der Waals surface area contributed by atoms with Gasteiger partial charge in [0.15, 0.2) is 0 Å². The van der Waals surface area contributed by atoms with Gasteiger partial charge in [0.05, 0.1) is 16.8 Å². The summed E-state index contributed by atoms with van der Waals surface area (Å²) in [6, 6.07) is 66.0. The van der Waals surface area contributed by atoms with Crippen molar-refractivity contribution in [3.8, 4) is 22.3 Å². The lowest BCUT2D eigenvalue weighted by molar-refractivity contribution is 0.668. The molecule has 0 unspecified atom stereocenters. The van der Waals surface area contributed by atoms with Crippen molar-refractivity contribution >= 4 is 93.7 Å². The Morgan fingerprint density at radius 1 is 0.321 bits per heavy atom. The van der Waals surface area contributed by atoms with Crippen LogP contribution in [0.5, 0.6) is 0 Å². The summed E-state index contributed by atoms with van der Waals surface area (Å²) in [5, 5.41) is 8.87. The van der Waals surface area contributed by atoms with Crippen LogP contribution in [0.25, 0.3) is 98.8 Å². The standard InChI is InChI=1S/C52H31NO3/c1-2-12-36-33(11-1)25-30-42-41-17-9-16-40(52(41)56-51(36)42)37-13-3-6-18-44(37)53(45-19-10-22-48-50(45)43-15-5-8-21-47(43)54-48)35-27-23-32(24-28-35)34-26-29-39-38-14-4-7-20-46(38)55-49(39)31-34/h1-31H. The van der Waals surface area contributed by atoms with E-state index >= 15 is 0 Å². The van der Waals surface area contributed by atoms with Gasteiger partial charge >= 0.3 is 0 Å². The average Bonchev–Trinajstić information content (AvgIpc) is 3.96. The van der Waals surface area contributed by atoms with E-state index in [0.29, 0.717) is 0 Å². The molecule has 0 aliphatic carbocycles. The van der Waals surface area contributed by atoms with Gasteiger partial charge in [0.2, 0.25) is 0 Å². The fraction of sp³-hybridized carbons (Fsp3) is 0. The Morgan fingerprint density at radius 2 is 0.911 bits per heavy atom. The molecule has 0 fully saturated rings. The minimum Gasteiger partial charge on any atom is -0.456 e. The molecule has 3 heterocycles. The maximum absolute atomic E-state index is 6.89. The Hall–Kier alpha value is -7.56. The van der Waals surface area contributed by atoms with Crippen LogP contribution in [-0.4, -0.2) is 0 Å². The molecule has 56 heavy (non-hydrogen) atoms. The summed E-state index contributed by atoms with van der Waals surface area (Å²) in [6.45, 7) is 0. The number of hydrogen-bond acceptors (Lipinski definition) is 4. The number of para-hydroxylation sites is 4. The van der Waals surface area contributed by atoms with Crippen LogP contribution in [-0.2, 0) is 0 Å². The van der Waals surface area contributed by atoms with Gasteiger partial charge in [-0.25, -0.2) is 0 Å². The lowest BCUT2D eigenvalue weighted by Crippen LogP contribution is -2.11. The number of rotatable bonds is 5. The third-order valence-electron chi connectivity index (χ3n) is 11.3. The van der Waals surface area contributed by atoms with Gasteiger partial charge in [-0.1, -0.05) is 127 Å². The van der Waals surface area contributed by atoms with Gasteiger partial charge in [-0.2, -0.15) is 0 Å². The Kier molecular flexibility index (Phi) is 6.60. The molecule has 12 rings (SSSR count). The Labute approximate surface area is 321 Å². The molecule has 0 radical (unpaired) electrons. The summed E-state index contributed by atoms with van der Waals surface area (Å²) in [7, 11) is 0. The second kappa shape index (κ2) is 12.0. The Balaban J connectivity index is 1.07. The van der Waals surface area contributed by atoms with Crippen molar-refractivity contribution < 1.29 is 13.3 Å². The maximum atomic E-state index is 6.89. The van der Waals surface area contributed by atoms with Crippen molar-refractivity contribution in [2.45, 2.75) is 0 Å². The van der Waals surface area contributed by atoms with Crippen LogP contribution in [0.1, 0.15) is 0 Å². The molecular weight excluding hydrogens is 687 g/mol. The summed E-state index contributed by atoms with van der Waals surface area (Å²) in [4.78, 5) is 2.36. The molecule has 262 valence electrons. The van der Waals surface area contributed by atoms with E-state index in [1.54, 1.807) is 0 Å². The van der Waals surface area contributed by atoms with E-state index in [0.717, 1.165) is 116 Å². The van der Waals surface area contributed by atoms with Crippen LogP contribution in [0.3, 0.4) is 0 Å². The molecule has 0 bridgehead atoms. The molecular formula is C52H31NO3. The first-order valence-electron chi connectivity index (χ1n) is 18.9. The Bertz CT molecular complexity index is 3490. The largest absolute Gasteiger partial charge is 0.456 e. The van der Waals surface area contributed by atoms with Crippen molar-refractivity contribution in [3.63, 3.8) is 0 Å². The first-order valence-corrected chi connectivity index (χ1v) is 18.9. The maximum Gasteiger partial charge on any atom is 0.143 e.